The van der Waals surface area contributed by atoms with Gasteiger partial charge >= 0.3 is 5.97 Å². The van der Waals surface area contributed by atoms with Crippen LogP contribution in [0.1, 0.15) is 31.9 Å². The molecule has 5 heteroatoms. The van der Waals surface area contributed by atoms with Crippen molar-refractivity contribution in [3.63, 3.8) is 0 Å². The van der Waals surface area contributed by atoms with Gasteiger partial charge in [0, 0.05) is 6.07 Å². The van der Waals surface area contributed by atoms with Gasteiger partial charge in [-0.15, -0.1) is 0 Å². The van der Waals surface area contributed by atoms with Gasteiger partial charge in [0.2, 0.25) is 11.2 Å². The molecule has 2 aromatic carbocycles. The Kier molecular flexibility index (Phi) is 4.79. The predicted octanol–water partition coefficient (Wildman–Crippen LogP) is 5.15. The third-order valence-corrected chi connectivity index (χ3v) is 3.96. The first kappa shape index (κ1) is 18.7. The molecule has 0 saturated heterocycles. The van der Waals surface area contributed by atoms with Crippen molar-refractivity contribution in [3.8, 4) is 17.2 Å². The molecule has 3 aromatic rings. The molecule has 0 aliphatic rings. The van der Waals surface area contributed by atoms with E-state index < -0.39 is 5.41 Å². The zero-order valence-electron chi connectivity index (χ0n) is 16.1. The number of benzene rings is 2. The number of aryl methyl sites for hydroxylation is 2. The second-order valence-electron chi connectivity index (χ2n) is 7.65. The summed E-state index contributed by atoms with van der Waals surface area (Å²) in [5.74, 6) is 0.648. The predicted molar refractivity (Wildman–Crippen MR) is 104 cm³/mol. The average molecular weight is 366 g/mol. The summed E-state index contributed by atoms with van der Waals surface area (Å²) in [4.78, 5) is 24.7. The van der Waals surface area contributed by atoms with Crippen molar-refractivity contribution in [2.45, 2.75) is 34.6 Å². The molecule has 0 radical (unpaired) electrons. The number of carbonyl (C=O) groups is 1. The fourth-order valence-corrected chi connectivity index (χ4v) is 2.60. The summed E-state index contributed by atoms with van der Waals surface area (Å²) in [6, 6.07) is 10.4. The lowest BCUT2D eigenvalue weighted by Gasteiger charge is -2.16. The molecule has 0 amide bonds. The molecule has 0 fully saturated rings. The molecule has 5 nitrogen and oxygen atoms in total. The molecule has 27 heavy (non-hydrogen) atoms. The second kappa shape index (κ2) is 6.91. The maximum Gasteiger partial charge on any atom is 0.316 e. The molecule has 0 N–H and O–H groups in total. The zero-order chi connectivity index (χ0) is 19.8. The maximum atomic E-state index is 12.7. The second-order valence-corrected chi connectivity index (χ2v) is 7.65. The summed E-state index contributed by atoms with van der Waals surface area (Å²) in [5.41, 5.74) is 1.50. The van der Waals surface area contributed by atoms with Crippen LogP contribution in [0.2, 0.25) is 0 Å². The Morgan fingerprint density at radius 1 is 0.963 bits per heavy atom. The van der Waals surface area contributed by atoms with E-state index in [0.29, 0.717) is 22.5 Å². The van der Waals surface area contributed by atoms with Crippen LogP contribution in [0, 0.1) is 19.3 Å². The molecule has 0 aliphatic carbocycles. The Hall–Kier alpha value is -3.08. The molecular weight excluding hydrogens is 344 g/mol. The Labute approximate surface area is 157 Å². The van der Waals surface area contributed by atoms with E-state index in [2.05, 4.69) is 0 Å². The van der Waals surface area contributed by atoms with E-state index in [9.17, 15) is 9.59 Å². The van der Waals surface area contributed by atoms with Gasteiger partial charge < -0.3 is 13.9 Å². The quantitative estimate of drug-likeness (QED) is 0.473. The first-order chi connectivity index (χ1) is 12.6. The van der Waals surface area contributed by atoms with Crippen LogP contribution in [0.25, 0.3) is 11.0 Å². The molecule has 0 aliphatic heterocycles. The van der Waals surface area contributed by atoms with Crippen molar-refractivity contribution in [1.82, 2.24) is 0 Å². The molecule has 0 bridgehead atoms. The highest BCUT2D eigenvalue weighted by Gasteiger charge is 2.24. The minimum atomic E-state index is -0.626. The Balaban J connectivity index is 1.92. The van der Waals surface area contributed by atoms with Crippen LogP contribution >= 0.6 is 0 Å². The SMILES string of the molecule is Cc1cc(C)cc(Oc2coc3cc(OC(=O)C(C)(C)C)ccc3c2=O)c1. The minimum absolute atomic E-state index is 0.104. The molecule has 0 spiro atoms. The lowest BCUT2D eigenvalue weighted by atomic mass is 9.97. The highest BCUT2D eigenvalue weighted by molar-refractivity contribution is 5.82. The average Bonchev–Trinajstić information content (AvgIpc) is 2.55. The highest BCUT2D eigenvalue weighted by Crippen LogP contribution is 2.26. The first-order valence-corrected chi connectivity index (χ1v) is 8.67. The van der Waals surface area contributed by atoms with Crippen LogP contribution < -0.4 is 14.9 Å². The summed E-state index contributed by atoms with van der Waals surface area (Å²) in [5, 5.41) is 0.354. The Bertz CT molecular complexity index is 1050. The fraction of sp³-hybridized carbons (Fsp3) is 0.273. The van der Waals surface area contributed by atoms with E-state index in [4.69, 9.17) is 13.9 Å². The van der Waals surface area contributed by atoms with Gasteiger partial charge in [-0.2, -0.15) is 0 Å². The van der Waals surface area contributed by atoms with Crippen molar-refractivity contribution in [2.75, 3.05) is 0 Å². The van der Waals surface area contributed by atoms with Crippen LogP contribution in [0.5, 0.6) is 17.2 Å². The fourth-order valence-electron chi connectivity index (χ4n) is 2.60. The van der Waals surface area contributed by atoms with Crippen LogP contribution in [-0.4, -0.2) is 5.97 Å². The smallest absolute Gasteiger partial charge is 0.316 e. The van der Waals surface area contributed by atoms with Crippen molar-refractivity contribution in [3.05, 3.63) is 64.0 Å². The Morgan fingerprint density at radius 2 is 1.63 bits per heavy atom. The summed E-state index contributed by atoms with van der Waals surface area (Å²) >= 11 is 0. The normalized spacial score (nSPS) is 11.4. The standard InChI is InChI=1S/C22H22O5/c1-13-8-14(2)10-16(9-13)26-19-12-25-18-11-15(6-7-17(18)20(19)23)27-21(24)22(3,4)5/h6-12H,1-5H3. The maximum absolute atomic E-state index is 12.7. The van der Waals surface area contributed by atoms with Gasteiger partial charge in [0.25, 0.3) is 0 Å². The molecular formula is C22H22O5. The molecule has 0 unspecified atom stereocenters. The molecule has 1 aromatic heterocycles. The van der Waals surface area contributed by atoms with Crippen LogP contribution in [0.3, 0.4) is 0 Å². The minimum Gasteiger partial charge on any atom is -0.460 e. The van der Waals surface area contributed by atoms with Crippen LogP contribution in [0.15, 0.2) is 51.9 Å². The number of fused-ring (bicyclic) bond motifs is 1. The van der Waals surface area contributed by atoms with Crippen molar-refractivity contribution in [2.24, 2.45) is 5.41 Å². The van der Waals surface area contributed by atoms with E-state index in [-0.39, 0.29) is 17.1 Å². The van der Waals surface area contributed by atoms with Crippen molar-refractivity contribution < 1.29 is 18.7 Å². The molecule has 0 saturated carbocycles. The summed E-state index contributed by atoms with van der Waals surface area (Å²) in [6.45, 7) is 9.24. The first-order valence-electron chi connectivity index (χ1n) is 8.67. The molecule has 1 heterocycles. The zero-order valence-corrected chi connectivity index (χ0v) is 16.1. The van der Waals surface area contributed by atoms with Crippen molar-refractivity contribution >= 4 is 16.9 Å². The molecule has 140 valence electrons. The number of hydrogen-bond donors (Lipinski definition) is 0. The van der Waals surface area contributed by atoms with Crippen LogP contribution in [0.4, 0.5) is 0 Å². The van der Waals surface area contributed by atoms with E-state index in [1.807, 2.05) is 32.0 Å². The van der Waals surface area contributed by atoms with Gasteiger partial charge in [-0.25, -0.2) is 0 Å². The van der Waals surface area contributed by atoms with Gasteiger partial charge in [-0.1, -0.05) is 6.07 Å². The summed E-state index contributed by atoms with van der Waals surface area (Å²) in [7, 11) is 0. The lowest BCUT2D eigenvalue weighted by molar-refractivity contribution is -0.142. The van der Waals surface area contributed by atoms with Gasteiger partial charge in [-0.3, -0.25) is 9.59 Å². The molecule has 3 rings (SSSR count). The van der Waals surface area contributed by atoms with E-state index in [0.717, 1.165) is 11.1 Å². The number of ether oxygens (including phenoxy) is 2. The lowest BCUT2D eigenvalue weighted by Crippen LogP contribution is -2.25. The third kappa shape index (κ3) is 4.19. The third-order valence-electron chi connectivity index (χ3n) is 3.96. The van der Waals surface area contributed by atoms with E-state index in [1.165, 1.54) is 12.3 Å². The topological polar surface area (TPSA) is 65.7 Å². The summed E-state index contributed by atoms with van der Waals surface area (Å²) in [6.07, 6.45) is 1.28. The van der Waals surface area contributed by atoms with E-state index in [1.54, 1.807) is 32.9 Å². The van der Waals surface area contributed by atoms with Gasteiger partial charge in [0.15, 0.2) is 0 Å². The van der Waals surface area contributed by atoms with Gasteiger partial charge in [0.1, 0.15) is 23.3 Å². The van der Waals surface area contributed by atoms with Gasteiger partial charge in [-0.05, 0) is 70.0 Å². The number of carbonyl (C=O) groups excluding carboxylic acids is 1. The van der Waals surface area contributed by atoms with E-state index >= 15 is 0 Å². The monoisotopic (exact) mass is 366 g/mol. The highest BCUT2D eigenvalue weighted by atomic mass is 16.5. The number of rotatable bonds is 3. The molecule has 0 atom stereocenters. The Morgan fingerprint density at radius 3 is 2.26 bits per heavy atom. The van der Waals surface area contributed by atoms with Gasteiger partial charge in [0.05, 0.1) is 10.8 Å². The largest absolute Gasteiger partial charge is 0.460 e. The number of esters is 1. The summed E-state index contributed by atoms with van der Waals surface area (Å²) < 4.78 is 16.6. The van der Waals surface area contributed by atoms with Crippen LogP contribution in [-0.2, 0) is 4.79 Å². The van der Waals surface area contributed by atoms with Crippen molar-refractivity contribution in [1.29, 1.82) is 0 Å². The number of hydrogen-bond acceptors (Lipinski definition) is 5.